The summed E-state index contributed by atoms with van der Waals surface area (Å²) in [4.78, 5) is 27.6. The molecule has 0 aromatic heterocycles. The van der Waals surface area contributed by atoms with Crippen molar-refractivity contribution in [3.8, 4) is 0 Å². The highest BCUT2D eigenvalue weighted by Gasteiger charge is 2.38. The SMILES string of the molecule is CCSC1=C(c2ccc(Cl)cc2)C(=O)N(Cc2ccc(C)cc2)C1=O. The minimum Gasteiger partial charge on any atom is -0.269 e. The van der Waals surface area contributed by atoms with Crippen LogP contribution in [0.3, 0.4) is 0 Å². The normalized spacial score (nSPS) is 14.6. The number of carbonyl (C=O) groups is 2. The van der Waals surface area contributed by atoms with Crippen LogP contribution in [-0.2, 0) is 16.1 Å². The van der Waals surface area contributed by atoms with Gasteiger partial charge < -0.3 is 0 Å². The Labute approximate surface area is 156 Å². The van der Waals surface area contributed by atoms with Gasteiger partial charge in [-0.05, 0) is 35.9 Å². The lowest BCUT2D eigenvalue weighted by Gasteiger charge is -2.15. The average Bonchev–Trinajstić information content (AvgIpc) is 2.83. The minimum atomic E-state index is -0.246. The summed E-state index contributed by atoms with van der Waals surface area (Å²) in [5, 5.41) is 0.599. The van der Waals surface area contributed by atoms with Gasteiger partial charge in [0.25, 0.3) is 11.8 Å². The second-order valence-electron chi connectivity index (χ2n) is 5.83. The molecular formula is C20H18ClNO2S. The van der Waals surface area contributed by atoms with Crippen molar-refractivity contribution in [1.82, 2.24) is 4.90 Å². The van der Waals surface area contributed by atoms with Crippen LogP contribution in [0, 0.1) is 6.92 Å². The Morgan fingerprint density at radius 3 is 2.20 bits per heavy atom. The first-order valence-corrected chi connectivity index (χ1v) is 9.42. The zero-order valence-electron chi connectivity index (χ0n) is 14.1. The number of benzene rings is 2. The van der Waals surface area contributed by atoms with E-state index in [1.165, 1.54) is 16.7 Å². The third-order valence-corrected chi connectivity index (χ3v) is 5.22. The number of hydrogen-bond donors (Lipinski definition) is 0. The quantitative estimate of drug-likeness (QED) is 0.716. The fourth-order valence-electron chi connectivity index (χ4n) is 2.72. The van der Waals surface area contributed by atoms with Gasteiger partial charge in [-0.2, -0.15) is 0 Å². The molecule has 2 amide bonds. The van der Waals surface area contributed by atoms with Crippen LogP contribution in [0.2, 0.25) is 5.02 Å². The predicted octanol–water partition coefficient (Wildman–Crippen LogP) is 4.68. The summed E-state index contributed by atoms with van der Waals surface area (Å²) in [5.41, 5.74) is 3.28. The van der Waals surface area contributed by atoms with Crippen LogP contribution in [0.4, 0.5) is 0 Å². The summed E-state index contributed by atoms with van der Waals surface area (Å²) in [6, 6.07) is 14.9. The van der Waals surface area contributed by atoms with Crippen molar-refractivity contribution in [2.45, 2.75) is 20.4 Å². The number of carbonyl (C=O) groups excluding carboxylic acids is 2. The summed E-state index contributed by atoms with van der Waals surface area (Å²) in [5.74, 6) is 0.260. The Morgan fingerprint density at radius 1 is 0.960 bits per heavy atom. The van der Waals surface area contributed by atoms with E-state index in [4.69, 9.17) is 11.6 Å². The van der Waals surface area contributed by atoms with E-state index in [1.54, 1.807) is 24.3 Å². The molecular weight excluding hydrogens is 354 g/mol. The molecule has 1 aliphatic heterocycles. The lowest BCUT2D eigenvalue weighted by atomic mass is 10.1. The summed E-state index contributed by atoms with van der Waals surface area (Å²) < 4.78 is 0. The van der Waals surface area contributed by atoms with E-state index < -0.39 is 0 Å². The Bertz CT molecular complexity index is 841. The van der Waals surface area contributed by atoms with Gasteiger partial charge in [-0.1, -0.05) is 60.5 Å². The molecule has 0 saturated carbocycles. The summed E-state index contributed by atoms with van der Waals surface area (Å²) >= 11 is 7.36. The van der Waals surface area contributed by atoms with E-state index in [0.717, 1.165) is 22.4 Å². The van der Waals surface area contributed by atoms with E-state index >= 15 is 0 Å². The van der Waals surface area contributed by atoms with Crippen molar-refractivity contribution in [1.29, 1.82) is 0 Å². The Hall–Kier alpha value is -2.04. The van der Waals surface area contributed by atoms with E-state index in [2.05, 4.69) is 0 Å². The van der Waals surface area contributed by atoms with Crippen molar-refractivity contribution in [3.05, 3.63) is 75.1 Å². The van der Waals surface area contributed by atoms with Crippen molar-refractivity contribution in [3.63, 3.8) is 0 Å². The lowest BCUT2D eigenvalue weighted by molar-refractivity contribution is -0.137. The van der Waals surface area contributed by atoms with E-state index in [9.17, 15) is 9.59 Å². The molecule has 1 heterocycles. The molecule has 5 heteroatoms. The molecule has 3 rings (SSSR count). The molecule has 0 saturated heterocycles. The van der Waals surface area contributed by atoms with Gasteiger partial charge in [0, 0.05) is 5.02 Å². The maximum absolute atomic E-state index is 13.0. The van der Waals surface area contributed by atoms with Gasteiger partial charge in [0.2, 0.25) is 0 Å². The molecule has 25 heavy (non-hydrogen) atoms. The van der Waals surface area contributed by atoms with E-state index in [0.29, 0.717) is 15.5 Å². The number of aryl methyl sites for hydroxylation is 1. The van der Waals surface area contributed by atoms with Crippen LogP contribution in [0.1, 0.15) is 23.6 Å². The molecule has 0 fully saturated rings. The predicted molar refractivity (Wildman–Crippen MR) is 103 cm³/mol. The van der Waals surface area contributed by atoms with Gasteiger partial charge in [0.05, 0.1) is 17.0 Å². The van der Waals surface area contributed by atoms with Gasteiger partial charge >= 0.3 is 0 Å². The topological polar surface area (TPSA) is 37.4 Å². The zero-order valence-corrected chi connectivity index (χ0v) is 15.7. The maximum atomic E-state index is 13.0. The molecule has 0 aliphatic carbocycles. The average molecular weight is 372 g/mol. The minimum absolute atomic E-state index is 0.220. The number of rotatable bonds is 5. The van der Waals surface area contributed by atoms with Crippen LogP contribution in [0.5, 0.6) is 0 Å². The van der Waals surface area contributed by atoms with Crippen LogP contribution in [-0.4, -0.2) is 22.5 Å². The second-order valence-corrected chi connectivity index (χ2v) is 7.54. The third-order valence-electron chi connectivity index (χ3n) is 4.01. The number of amides is 2. The zero-order chi connectivity index (χ0) is 18.0. The van der Waals surface area contributed by atoms with Gasteiger partial charge in [-0.15, -0.1) is 11.8 Å². The number of nitrogens with zero attached hydrogens (tertiary/aromatic N) is 1. The highest BCUT2D eigenvalue weighted by atomic mass is 35.5. The Balaban J connectivity index is 1.95. The molecule has 0 bridgehead atoms. The molecule has 0 unspecified atom stereocenters. The summed E-state index contributed by atoms with van der Waals surface area (Å²) in [6.45, 7) is 4.26. The molecule has 128 valence electrons. The third kappa shape index (κ3) is 3.65. The molecule has 2 aromatic carbocycles. The lowest BCUT2D eigenvalue weighted by Crippen LogP contribution is -2.30. The number of hydrogen-bond acceptors (Lipinski definition) is 3. The molecule has 2 aromatic rings. The first-order chi connectivity index (χ1) is 12.0. The largest absolute Gasteiger partial charge is 0.269 e. The molecule has 0 N–H and O–H groups in total. The van der Waals surface area contributed by atoms with Gasteiger partial charge in [-0.25, -0.2) is 0 Å². The number of thioether (sulfide) groups is 1. The van der Waals surface area contributed by atoms with Gasteiger partial charge in [0.1, 0.15) is 0 Å². The maximum Gasteiger partial charge on any atom is 0.268 e. The molecule has 3 nitrogen and oxygen atoms in total. The van der Waals surface area contributed by atoms with E-state index in [-0.39, 0.29) is 18.4 Å². The molecule has 0 spiro atoms. The highest BCUT2D eigenvalue weighted by molar-refractivity contribution is 8.04. The molecule has 0 radical (unpaired) electrons. The summed E-state index contributed by atoms with van der Waals surface area (Å²) in [7, 11) is 0. The first-order valence-electron chi connectivity index (χ1n) is 8.06. The van der Waals surface area contributed by atoms with Crippen molar-refractivity contribution >= 4 is 40.8 Å². The van der Waals surface area contributed by atoms with Crippen LogP contribution in [0.25, 0.3) is 5.57 Å². The highest BCUT2D eigenvalue weighted by Crippen LogP contribution is 2.36. The fraction of sp³-hybridized carbons (Fsp3) is 0.200. The number of imide groups is 1. The van der Waals surface area contributed by atoms with Crippen LogP contribution >= 0.6 is 23.4 Å². The smallest absolute Gasteiger partial charge is 0.268 e. The standard InChI is InChI=1S/C20H18ClNO2S/c1-3-25-18-17(15-8-10-16(21)11-9-15)19(23)22(20(18)24)12-14-6-4-13(2)5-7-14/h4-11H,3,12H2,1-2H3. The molecule has 1 aliphatic rings. The van der Waals surface area contributed by atoms with Crippen molar-refractivity contribution in [2.24, 2.45) is 0 Å². The van der Waals surface area contributed by atoms with E-state index in [1.807, 2.05) is 38.1 Å². The second kappa shape index (κ2) is 7.46. The molecule has 0 atom stereocenters. The van der Waals surface area contributed by atoms with Crippen molar-refractivity contribution < 1.29 is 9.59 Å². The fourth-order valence-corrected chi connectivity index (χ4v) is 3.72. The van der Waals surface area contributed by atoms with Crippen molar-refractivity contribution in [2.75, 3.05) is 5.75 Å². The Kier molecular flexibility index (Phi) is 5.30. The summed E-state index contributed by atoms with van der Waals surface area (Å²) in [6.07, 6.45) is 0. The Morgan fingerprint density at radius 2 is 1.60 bits per heavy atom. The monoisotopic (exact) mass is 371 g/mol. The van der Waals surface area contributed by atoms with Gasteiger partial charge in [0.15, 0.2) is 0 Å². The number of halogens is 1. The first kappa shape index (κ1) is 17.8. The van der Waals surface area contributed by atoms with Gasteiger partial charge in [-0.3, -0.25) is 14.5 Å². The van der Waals surface area contributed by atoms with Crippen LogP contribution in [0.15, 0.2) is 53.4 Å². The van der Waals surface area contributed by atoms with Crippen LogP contribution < -0.4 is 0 Å².